The molecule has 0 aliphatic heterocycles. The lowest BCUT2D eigenvalue weighted by atomic mass is 10.1. The molecule has 1 heterocycles. The van der Waals surface area contributed by atoms with Gasteiger partial charge in [0.1, 0.15) is 5.82 Å². The molecule has 19 heavy (non-hydrogen) atoms. The first kappa shape index (κ1) is 12.8. The standard InChI is InChI=1S/C11H11FN4O3/c1-15-10(13)5-9(14-15)7-3-6(16(17)18)4-8(12)11(7)19-2/h3-5H,13H2,1-2H3. The zero-order valence-corrected chi connectivity index (χ0v) is 10.3. The number of non-ortho nitro benzene ring substituents is 1. The van der Waals surface area contributed by atoms with E-state index in [2.05, 4.69) is 5.10 Å². The van der Waals surface area contributed by atoms with Gasteiger partial charge in [-0.25, -0.2) is 4.39 Å². The Hall–Kier alpha value is -2.64. The molecule has 0 amide bonds. The fourth-order valence-corrected chi connectivity index (χ4v) is 1.70. The molecule has 0 saturated carbocycles. The maximum Gasteiger partial charge on any atom is 0.273 e. The van der Waals surface area contributed by atoms with Crippen LogP contribution in [-0.2, 0) is 7.05 Å². The molecule has 0 fully saturated rings. The number of aromatic nitrogens is 2. The van der Waals surface area contributed by atoms with Crippen LogP contribution in [0, 0.1) is 15.9 Å². The fraction of sp³-hybridized carbons (Fsp3) is 0.182. The molecule has 2 aromatic rings. The topological polar surface area (TPSA) is 96.2 Å². The highest BCUT2D eigenvalue weighted by molar-refractivity contribution is 5.72. The number of ether oxygens (including phenoxy) is 1. The predicted molar refractivity (Wildman–Crippen MR) is 66.2 cm³/mol. The number of nitro groups is 1. The molecule has 0 radical (unpaired) electrons. The van der Waals surface area contributed by atoms with Crippen molar-refractivity contribution in [2.75, 3.05) is 12.8 Å². The Bertz CT molecular complexity index is 634. The van der Waals surface area contributed by atoms with E-state index in [0.29, 0.717) is 11.5 Å². The number of nitrogen functional groups attached to an aromatic ring is 1. The molecule has 1 aromatic heterocycles. The molecule has 8 heteroatoms. The van der Waals surface area contributed by atoms with Crippen LogP contribution in [0.3, 0.4) is 0 Å². The van der Waals surface area contributed by atoms with Crippen molar-refractivity contribution < 1.29 is 14.1 Å². The highest BCUT2D eigenvalue weighted by Crippen LogP contribution is 2.35. The van der Waals surface area contributed by atoms with Gasteiger partial charge in [0.05, 0.1) is 29.4 Å². The molecule has 2 rings (SSSR count). The van der Waals surface area contributed by atoms with Crippen LogP contribution < -0.4 is 10.5 Å². The van der Waals surface area contributed by atoms with E-state index in [1.54, 1.807) is 7.05 Å². The summed E-state index contributed by atoms with van der Waals surface area (Å²) < 4.78 is 20.1. The summed E-state index contributed by atoms with van der Waals surface area (Å²) in [5, 5.41) is 14.8. The van der Waals surface area contributed by atoms with Gasteiger partial charge in [-0.05, 0) is 0 Å². The van der Waals surface area contributed by atoms with Crippen LogP contribution in [0.4, 0.5) is 15.9 Å². The predicted octanol–water partition coefficient (Wildman–Crippen LogP) is 1.73. The van der Waals surface area contributed by atoms with E-state index in [1.807, 2.05) is 0 Å². The van der Waals surface area contributed by atoms with Crippen molar-refractivity contribution in [3.8, 4) is 17.0 Å². The molecule has 1 aromatic carbocycles. The van der Waals surface area contributed by atoms with Crippen molar-refractivity contribution in [1.82, 2.24) is 9.78 Å². The van der Waals surface area contributed by atoms with Crippen LogP contribution in [0.1, 0.15) is 0 Å². The number of anilines is 1. The number of aryl methyl sites for hydroxylation is 1. The van der Waals surface area contributed by atoms with Crippen molar-refractivity contribution in [3.63, 3.8) is 0 Å². The van der Waals surface area contributed by atoms with Crippen molar-refractivity contribution in [1.29, 1.82) is 0 Å². The molecule has 100 valence electrons. The quantitative estimate of drug-likeness (QED) is 0.674. The molecule has 0 saturated heterocycles. The van der Waals surface area contributed by atoms with E-state index in [1.165, 1.54) is 23.9 Å². The number of methoxy groups -OCH3 is 1. The van der Waals surface area contributed by atoms with Crippen LogP contribution in [0.5, 0.6) is 5.75 Å². The van der Waals surface area contributed by atoms with E-state index in [4.69, 9.17) is 10.5 Å². The van der Waals surface area contributed by atoms with Crippen LogP contribution in [0.2, 0.25) is 0 Å². The monoisotopic (exact) mass is 266 g/mol. The van der Waals surface area contributed by atoms with Gasteiger partial charge >= 0.3 is 0 Å². The van der Waals surface area contributed by atoms with E-state index >= 15 is 0 Å². The molecule has 0 unspecified atom stereocenters. The lowest BCUT2D eigenvalue weighted by Crippen LogP contribution is -1.98. The lowest BCUT2D eigenvalue weighted by molar-refractivity contribution is -0.385. The molecule has 0 atom stereocenters. The summed E-state index contributed by atoms with van der Waals surface area (Å²) in [6, 6.07) is 3.49. The first-order valence-electron chi connectivity index (χ1n) is 5.26. The summed E-state index contributed by atoms with van der Waals surface area (Å²) >= 11 is 0. The van der Waals surface area contributed by atoms with Crippen LogP contribution in [0.25, 0.3) is 11.3 Å². The third-order valence-electron chi connectivity index (χ3n) is 2.64. The zero-order chi connectivity index (χ0) is 14.2. The maximum absolute atomic E-state index is 13.8. The lowest BCUT2D eigenvalue weighted by Gasteiger charge is -2.07. The van der Waals surface area contributed by atoms with Crippen molar-refractivity contribution >= 4 is 11.5 Å². The average Bonchev–Trinajstić information content (AvgIpc) is 2.68. The first-order valence-corrected chi connectivity index (χ1v) is 5.26. The van der Waals surface area contributed by atoms with Gasteiger partial charge < -0.3 is 10.5 Å². The van der Waals surface area contributed by atoms with Crippen molar-refractivity contribution in [2.45, 2.75) is 0 Å². The van der Waals surface area contributed by atoms with E-state index in [-0.39, 0.29) is 17.0 Å². The van der Waals surface area contributed by atoms with Gasteiger partial charge in [0.2, 0.25) is 0 Å². The molecule has 0 aliphatic rings. The highest BCUT2D eigenvalue weighted by Gasteiger charge is 2.20. The summed E-state index contributed by atoms with van der Waals surface area (Å²) in [6.45, 7) is 0. The Morgan fingerprint density at radius 2 is 2.16 bits per heavy atom. The van der Waals surface area contributed by atoms with Crippen LogP contribution in [-0.4, -0.2) is 21.8 Å². The minimum absolute atomic E-state index is 0.108. The Morgan fingerprint density at radius 3 is 2.63 bits per heavy atom. The molecular formula is C11H11FN4O3. The summed E-state index contributed by atoms with van der Waals surface area (Å²) in [6.07, 6.45) is 0. The van der Waals surface area contributed by atoms with Crippen LogP contribution in [0.15, 0.2) is 18.2 Å². The van der Waals surface area contributed by atoms with Crippen molar-refractivity contribution in [3.05, 3.63) is 34.1 Å². The fourth-order valence-electron chi connectivity index (χ4n) is 1.70. The Kier molecular flexibility index (Phi) is 3.07. The number of hydrogen-bond donors (Lipinski definition) is 1. The number of rotatable bonds is 3. The SMILES string of the molecule is COc1c(F)cc([N+](=O)[O-])cc1-c1cc(N)n(C)n1. The van der Waals surface area contributed by atoms with Gasteiger partial charge in [-0.1, -0.05) is 0 Å². The number of hydrogen-bond acceptors (Lipinski definition) is 5. The highest BCUT2D eigenvalue weighted by atomic mass is 19.1. The number of nitrogens with zero attached hydrogens (tertiary/aromatic N) is 3. The van der Waals surface area contributed by atoms with E-state index in [0.717, 1.165) is 6.07 Å². The molecule has 0 bridgehead atoms. The molecule has 2 N–H and O–H groups in total. The van der Waals surface area contributed by atoms with E-state index < -0.39 is 10.7 Å². The number of benzene rings is 1. The average molecular weight is 266 g/mol. The molecule has 0 spiro atoms. The van der Waals surface area contributed by atoms with Crippen molar-refractivity contribution in [2.24, 2.45) is 7.05 Å². The zero-order valence-electron chi connectivity index (χ0n) is 10.3. The Morgan fingerprint density at radius 1 is 1.47 bits per heavy atom. The second-order valence-corrected chi connectivity index (χ2v) is 3.84. The van der Waals surface area contributed by atoms with Gasteiger partial charge in [-0.15, -0.1) is 0 Å². The largest absolute Gasteiger partial charge is 0.493 e. The van der Waals surface area contributed by atoms with Gasteiger partial charge in [-0.3, -0.25) is 14.8 Å². The normalized spacial score (nSPS) is 10.5. The second-order valence-electron chi connectivity index (χ2n) is 3.84. The minimum Gasteiger partial charge on any atom is -0.493 e. The van der Waals surface area contributed by atoms with Gasteiger partial charge in [-0.2, -0.15) is 5.10 Å². The summed E-state index contributed by atoms with van der Waals surface area (Å²) in [4.78, 5) is 10.1. The molecule has 0 aliphatic carbocycles. The number of nitrogens with two attached hydrogens (primary N) is 1. The molecular weight excluding hydrogens is 255 g/mol. The maximum atomic E-state index is 13.8. The number of halogens is 1. The summed E-state index contributed by atoms with van der Waals surface area (Å²) in [5.74, 6) is -0.580. The first-order chi connectivity index (χ1) is 8.93. The smallest absolute Gasteiger partial charge is 0.273 e. The second kappa shape index (κ2) is 4.56. The van der Waals surface area contributed by atoms with Gasteiger partial charge in [0.15, 0.2) is 11.6 Å². The van der Waals surface area contributed by atoms with Gasteiger partial charge in [0, 0.05) is 19.2 Å². The Balaban J connectivity index is 2.69. The Labute approximate surface area is 107 Å². The third-order valence-corrected chi connectivity index (χ3v) is 2.64. The van der Waals surface area contributed by atoms with Crippen LogP contribution >= 0.6 is 0 Å². The molecule has 7 nitrogen and oxygen atoms in total. The number of nitro benzene ring substituents is 1. The van der Waals surface area contributed by atoms with E-state index in [9.17, 15) is 14.5 Å². The summed E-state index contributed by atoms with van der Waals surface area (Å²) in [7, 11) is 2.89. The minimum atomic E-state index is -0.823. The third kappa shape index (κ3) is 2.19. The summed E-state index contributed by atoms with van der Waals surface area (Å²) in [5.41, 5.74) is 5.75. The van der Waals surface area contributed by atoms with Gasteiger partial charge in [0.25, 0.3) is 5.69 Å².